The van der Waals surface area contributed by atoms with Crippen molar-refractivity contribution in [2.75, 3.05) is 12.0 Å². The van der Waals surface area contributed by atoms with Crippen molar-refractivity contribution in [3.8, 4) is 0 Å². The van der Waals surface area contributed by atoms with Gasteiger partial charge in [0, 0.05) is 25.8 Å². The number of nitrogens with zero attached hydrogens (tertiary/aromatic N) is 5. The van der Waals surface area contributed by atoms with Crippen LogP contribution in [0.2, 0.25) is 0 Å². The molecule has 18 heavy (non-hydrogen) atoms. The standard InChI is InChI=1S/C11H15N7/c12-15-10-2-1-9(5-13-10)6-17-3-4-18-8-14-16-11(18)7-17/h1-2,5,8H,3-4,6-7,12H2,(H,13,15). The van der Waals surface area contributed by atoms with Gasteiger partial charge in [0.2, 0.25) is 0 Å². The van der Waals surface area contributed by atoms with E-state index in [4.69, 9.17) is 5.84 Å². The van der Waals surface area contributed by atoms with Gasteiger partial charge in [-0.3, -0.25) is 4.90 Å². The summed E-state index contributed by atoms with van der Waals surface area (Å²) in [5.74, 6) is 6.99. The molecule has 0 unspecified atom stereocenters. The predicted molar refractivity (Wildman–Crippen MR) is 66.2 cm³/mol. The minimum atomic E-state index is 0.678. The molecule has 94 valence electrons. The summed E-state index contributed by atoms with van der Waals surface area (Å²) < 4.78 is 2.09. The Kier molecular flexibility index (Phi) is 2.91. The highest BCUT2D eigenvalue weighted by molar-refractivity contribution is 5.33. The number of anilines is 1. The van der Waals surface area contributed by atoms with Gasteiger partial charge >= 0.3 is 0 Å². The van der Waals surface area contributed by atoms with Gasteiger partial charge in [0.05, 0.1) is 6.54 Å². The number of aromatic nitrogens is 4. The number of hydrogen-bond donors (Lipinski definition) is 2. The highest BCUT2D eigenvalue weighted by Crippen LogP contribution is 2.13. The van der Waals surface area contributed by atoms with Crippen molar-refractivity contribution in [2.24, 2.45) is 5.84 Å². The van der Waals surface area contributed by atoms with Gasteiger partial charge in [-0.25, -0.2) is 10.8 Å². The maximum Gasteiger partial charge on any atom is 0.147 e. The number of hydrogen-bond acceptors (Lipinski definition) is 6. The van der Waals surface area contributed by atoms with Gasteiger partial charge in [-0.05, 0) is 11.6 Å². The number of nitrogens with two attached hydrogens (primary N) is 1. The van der Waals surface area contributed by atoms with E-state index in [9.17, 15) is 0 Å². The van der Waals surface area contributed by atoms with E-state index in [2.05, 4.69) is 30.1 Å². The lowest BCUT2D eigenvalue weighted by molar-refractivity contribution is 0.208. The van der Waals surface area contributed by atoms with Crippen LogP contribution in [0.25, 0.3) is 0 Å². The second-order valence-corrected chi connectivity index (χ2v) is 4.35. The first-order valence-corrected chi connectivity index (χ1v) is 5.86. The fraction of sp³-hybridized carbons (Fsp3) is 0.364. The van der Waals surface area contributed by atoms with E-state index in [0.29, 0.717) is 5.82 Å². The highest BCUT2D eigenvalue weighted by atomic mass is 15.3. The molecule has 0 fully saturated rings. The smallest absolute Gasteiger partial charge is 0.147 e. The quantitative estimate of drug-likeness (QED) is 0.583. The minimum absolute atomic E-state index is 0.678. The van der Waals surface area contributed by atoms with Crippen LogP contribution in [0.15, 0.2) is 24.7 Å². The Bertz CT molecular complexity index is 518. The van der Waals surface area contributed by atoms with Crippen LogP contribution in [0.1, 0.15) is 11.4 Å². The molecular weight excluding hydrogens is 230 g/mol. The Balaban J connectivity index is 1.67. The third-order valence-corrected chi connectivity index (χ3v) is 3.10. The Labute approximate surface area is 105 Å². The molecule has 0 atom stereocenters. The molecule has 0 saturated heterocycles. The lowest BCUT2D eigenvalue weighted by Gasteiger charge is -2.26. The van der Waals surface area contributed by atoms with Crippen molar-refractivity contribution in [1.82, 2.24) is 24.6 Å². The first-order chi connectivity index (χ1) is 8.85. The van der Waals surface area contributed by atoms with E-state index in [1.165, 1.54) is 5.56 Å². The van der Waals surface area contributed by atoms with Crippen LogP contribution < -0.4 is 11.3 Å². The summed E-state index contributed by atoms with van der Waals surface area (Å²) in [6.07, 6.45) is 3.63. The van der Waals surface area contributed by atoms with Crippen molar-refractivity contribution in [3.63, 3.8) is 0 Å². The van der Waals surface area contributed by atoms with Gasteiger partial charge in [0.15, 0.2) is 0 Å². The number of nitrogens with one attached hydrogen (secondary N) is 1. The van der Waals surface area contributed by atoms with Gasteiger partial charge in [-0.15, -0.1) is 10.2 Å². The van der Waals surface area contributed by atoms with Gasteiger partial charge < -0.3 is 9.99 Å². The number of fused-ring (bicyclic) bond motifs is 1. The average Bonchev–Trinajstić information content (AvgIpc) is 2.87. The summed E-state index contributed by atoms with van der Waals surface area (Å²) in [5, 5.41) is 8.02. The molecule has 3 rings (SSSR count). The van der Waals surface area contributed by atoms with Crippen LogP contribution in [-0.4, -0.2) is 31.2 Å². The third kappa shape index (κ3) is 2.18. The lowest BCUT2D eigenvalue weighted by Crippen LogP contribution is -2.33. The Morgan fingerprint density at radius 3 is 3.06 bits per heavy atom. The van der Waals surface area contributed by atoms with E-state index < -0.39 is 0 Å². The van der Waals surface area contributed by atoms with Crippen LogP contribution in [0.5, 0.6) is 0 Å². The van der Waals surface area contributed by atoms with Crippen molar-refractivity contribution in [3.05, 3.63) is 36.0 Å². The molecule has 3 N–H and O–H groups in total. The molecule has 0 amide bonds. The molecule has 0 saturated carbocycles. The lowest BCUT2D eigenvalue weighted by atomic mass is 10.2. The van der Waals surface area contributed by atoms with Gasteiger partial charge in [0.1, 0.15) is 18.0 Å². The molecule has 0 bridgehead atoms. The maximum atomic E-state index is 5.28. The number of rotatable bonds is 3. The molecule has 7 heteroatoms. The number of pyridine rings is 1. The maximum absolute atomic E-state index is 5.28. The van der Waals surface area contributed by atoms with Gasteiger partial charge in [-0.1, -0.05) is 6.07 Å². The second kappa shape index (κ2) is 4.71. The van der Waals surface area contributed by atoms with E-state index in [1.54, 1.807) is 6.33 Å². The largest absolute Gasteiger partial charge is 0.315 e. The zero-order valence-electron chi connectivity index (χ0n) is 9.95. The molecule has 0 aliphatic carbocycles. The average molecular weight is 245 g/mol. The normalized spacial score (nSPS) is 15.4. The van der Waals surface area contributed by atoms with Gasteiger partial charge in [-0.2, -0.15) is 0 Å². The molecule has 7 nitrogen and oxygen atoms in total. The molecule has 2 aromatic rings. The SMILES string of the molecule is NNc1ccc(CN2CCn3cnnc3C2)cn1. The molecule has 0 aromatic carbocycles. The highest BCUT2D eigenvalue weighted by Gasteiger charge is 2.17. The predicted octanol–water partition coefficient (Wildman–Crippen LogP) is -0.0255. The van der Waals surface area contributed by atoms with Crippen molar-refractivity contribution < 1.29 is 0 Å². The molecule has 0 spiro atoms. The van der Waals surface area contributed by atoms with Crippen LogP contribution in [0.3, 0.4) is 0 Å². The minimum Gasteiger partial charge on any atom is -0.315 e. The topological polar surface area (TPSA) is 84.9 Å². The fourth-order valence-electron chi connectivity index (χ4n) is 2.11. The summed E-state index contributed by atoms with van der Waals surface area (Å²) >= 11 is 0. The zero-order chi connectivity index (χ0) is 12.4. The van der Waals surface area contributed by atoms with Gasteiger partial charge in [0.25, 0.3) is 0 Å². The first-order valence-electron chi connectivity index (χ1n) is 5.86. The monoisotopic (exact) mass is 245 g/mol. The Hall–Kier alpha value is -1.99. The summed E-state index contributed by atoms with van der Waals surface area (Å²) in [5.41, 5.74) is 3.69. The molecular formula is C11H15N7. The molecule has 0 radical (unpaired) electrons. The van der Waals surface area contributed by atoms with Crippen LogP contribution in [0, 0.1) is 0 Å². The van der Waals surface area contributed by atoms with E-state index in [0.717, 1.165) is 32.0 Å². The molecule has 2 aromatic heterocycles. The second-order valence-electron chi connectivity index (χ2n) is 4.35. The van der Waals surface area contributed by atoms with Crippen molar-refractivity contribution in [1.29, 1.82) is 0 Å². The Morgan fingerprint density at radius 2 is 2.28 bits per heavy atom. The first kappa shape index (κ1) is 11.1. The van der Waals surface area contributed by atoms with E-state index >= 15 is 0 Å². The summed E-state index contributed by atoms with van der Waals surface area (Å²) in [7, 11) is 0. The zero-order valence-corrected chi connectivity index (χ0v) is 9.95. The molecule has 1 aliphatic rings. The van der Waals surface area contributed by atoms with E-state index in [-0.39, 0.29) is 0 Å². The Morgan fingerprint density at radius 1 is 1.33 bits per heavy atom. The van der Waals surface area contributed by atoms with Crippen LogP contribution in [0.4, 0.5) is 5.82 Å². The number of hydrazine groups is 1. The summed E-state index contributed by atoms with van der Waals surface area (Å²) in [6, 6.07) is 3.91. The fourth-order valence-corrected chi connectivity index (χ4v) is 2.11. The van der Waals surface area contributed by atoms with Crippen LogP contribution >= 0.6 is 0 Å². The molecule has 3 heterocycles. The number of nitrogen functional groups attached to an aromatic ring is 1. The van der Waals surface area contributed by atoms with Crippen molar-refractivity contribution >= 4 is 5.82 Å². The molecule has 1 aliphatic heterocycles. The summed E-state index contributed by atoms with van der Waals surface area (Å²) in [4.78, 5) is 6.53. The van der Waals surface area contributed by atoms with Crippen molar-refractivity contribution in [2.45, 2.75) is 19.6 Å². The summed E-state index contributed by atoms with van der Waals surface area (Å²) in [6.45, 7) is 3.64. The van der Waals surface area contributed by atoms with E-state index in [1.807, 2.05) is 18.3 Å². The third-order valence-electron chi connectivity index (χ3n) is 3.10. The van der Waals surface area contributed by atoms with Crippen LogP contribution in [-0.2, 0) is 19.6 Å².